The maximum absolute atomic E-state index is 3.67. The van der Waals surface area contributed by atoms with Crippen molar-refractivity contribution in [2.45, 2.75) is 0 Å². The zero-order valence-electron chi connectivity index (χ0n) is 6.11. The maximum Gasteiger partial charge on any atom is 0.115 e. The molecule has 7 nitrogen and oxygen atoms in total. The van der Waals surface area contributed by atoms with Gasteiger partial charge in [0.15, 0.2) is 0 Å². The van der Waals surface area contributed by atoms with E-state index in [4.69, 9.17) is 0 Å². The summed E-state index contributed by atoms with van der Waals surface area (Å²) in [7, 11) is 0. The van der Waals surface area contributed by atoms with Crippen LogP contribution >= 0.6 is 12.4 Å². The lowest BCUT2D eigenvalue weighted by Crippen LogP contribution is -1.66. The fourth-order valence-corrected chi connectivity index (χ4v) is 0.253. The average Bonchev–Trinajstić information content (AvgIpc) is 1.72. The summed E-state index contributed by atoms with van der Waals surface area (Å²) in [5.74, 6) is 0. The maximum atomic E-state index is 3.67. The SMILES string of the molecule is Cl.O.O.O.O.O.c1cncnc1. The van der Waals surface area contributed by atoms with E-state index in [-0.39, 0.29) is 39.8 Å². The van der Waals surface area contributed by atoms with Crippen LogP contribution in [0.5, 0.6) is 0 Å². The molecule has 0 atom stereocenters. The van der Waals surface area contributed by atoms with Gasteiger partial charge in [-0.25, -0.2) is 9.97 Å². The van der Waals surface area contributed by atoms with Crippen LogP contribution in [0.2, 0.25) is 0 Å². The number of aromatic nitrogens is 2. The zero-order chi connectivity index (χ0) is 4.24. The third-order valence-corrected chi connectivity index (χ3v) is 0.478. The molecule has 0 aliphatic heterocycles. The summed E-state index contributed by atoms with van der Waals surface area (Å²) in [5, 5.41) is 0. The van der Waals surface area contributed by atoms with Crippen LogP contribution in [-0.4, -0.2) is 37.3 Å². The minimum Gasteiger partial charge on any atom is -0.412 e. The summed E-state index contributed by atoms with van der Waals surface area (Å²) in [6.45, 7) is 0. The van der Waals surface area contributed by atoms with E-state index in [0.717, 1.165) is 0 Å². The third-order valence-electron chi connectivity index (χ3n) is 0.478. The van der Waals surface area contributed by atoms with Gasteiger partial charge < -0.3 is 27.4 Å². The molecule has 78 valence electrons. The van der Waals surface area contributed by atoms with Crippen molar-refractivity contribution in [3.05, 3.63) is 24.8 Å². The van der Waals surface area contributed by atoms with Crippen molar-refractivity contribution in [2.24, 2.45) is 0 Å². The van der Waals surface area contributed by atoms with Gasteiger partial charge in [-0.05, 0) is 6.07 Å². The summed E-state index contributed by atoms with van der Waals surface area (Å²) in [6, 6.07) is 1.78. The second-order valence-corrected chi connectivity index (χ2v) is 0.904. The fraction of sp³-hybridized carbons (Fsp3) is 0. The first kappa shape index (κ1) is 43.2. The highest BCUT2D eigenvalue weighted by molar-refractivity contribution is 5.85. The van der Waals surface area contributed by atoms with Gasteiger partial charge in [-0.1, -0.05) is 0 Å². The molecule has 1 aromatic heterocycles. The molecule has 0 amide bonds. The Bertz CT molecular complexity index is 93.4. The molecule has 0 saturated heterocycles. The molecule has 1 aromatic rings. The molecule has 10 N–H and O–H groups in total. The number of halogens is 1. The Morgan fingerprint density at radius 2 is 1.00 bits per heavy atom. The molecule has 0 radical (unpaired) electrons. The van der Waals surface area contributed by atoms with Gasteiger partial charge in [0.1, 0.15) is 6.33 Å². The van der Waals surface area contributed by atoms with E-state index in [1.54, 1.807) is 18.5 Å². The topological polar surface area (TPSA) is 183 Å². The first-order valence-corrected chi connectivity index (χ1v) is 1.70. The van der Waals surface area contributed by atoms with Crippen molar-refractivity contribution in [3.63, 3.8) is 0 Å². The van der Waals surface area contributed by atoms with Gasteiger partial charge in [0, 0.05) is 12.4 Å². The molecule has 0 unspecified atom stereocenters. The predicted molar refractivity (Wildman–Crippen MR) is 47.3 cm³/mol. The molecule has 1 heterocycles. The van der Waals surface area contributed by atoms with Crippen molar-refractivity contribution in [3.8, 4) is 0 Å². The Morgan fingerprint density at radius 1 is 0.667 bits per heavy atom. The van der Waals surface area contributed by atoms with Crippen molar-refractivity contribution < 1.29 is 27.4 Å². The van der Waals surface area contributed by atoms with Gasteiger partial charge in [-0.15, -0.1) is 12.4 Å². The summed E-state index contributed by atoms with van der Waals surface area (Å²) >= 11 is 0. The lowest BCUT2D eigenvalue weighted by Gasteiger charge is -1.70. The van der Waals surface area contributed by atoms with E-state index in [0.29, 0.717) is 0 Å². The fourth-order valence-electron chi connectivity index (χ4n) is 0.253. The van der Waals surface area contributed by atoms with Crippen LogP contribution in [0.1, 0.15) is 0 Å². The van der Waals surface area contributed by atoms with Crippen LogP contribution in [0, 0.1) is 0 Å². The minimum atomic E-state index is 0. The monoisotopic (exact) mass is 206 g/mol. The lowest BCUT2D eigenvalue weighted by atomic mass is 10.7. The molecule has 0 spiro atoms. The van der Waals surface area contributed by atoms with Gasteiger partial charge in [0.2, 0.25) is 0 Å². The van der Waals surface area contributed by atoms with Gasteiger partial charge in [0.25, 0.3) is 0 Å². The van der Waals surface area contributed by atoms with Crippen molar-refractivity contribution >= 4 is 12.4 Å². The highest BCUT2D eigenvalue weighted by Crippen LogP contribution is 1.66. The largest absolute Gasteiger partial charge is 0.412 e. The first-order chi connectivity index (χ1) is 3.00. The Morgan fingerprint density at radius 3 is 1.08 bits per heavy atom. The van der Waals surface area contributed by atoms with Crippen LogP contribution in [0.4, 0.5) is 0 Å². The van der Waals surface area contributed by atoms with E-state index < -0.39 is 0 Å². The minimum absolute atomic E-state index is 0. The highest BCUT2D eigenvalue weighted by atomic mass is 35.5. The second-order valence-electron chi connectivity index (χ2n) is 0.904. The van der Waals surface area contributed by atoms with Crippen LogP contribution < -0.4 is 0 Å². The second kappa shape index (κ2) is 32.0. The predicted octanol–water partition coefficient (Wildman–Crippen LogP) is -3.23. The normalized spacial score (nSPS) is 4.00. The summed E-state index contributed by atoms with van der Waals surface area (Å²) in [5.41, 5.74) is 0. The third kappa shape index (κ3) is 22.9. The molecule has 0 bridgehead atoms. The van der Waals surface area contributed by atoms with E-state index >= 15 is 0 Å². The van der Waals surface area contributed by atoms with E-state index in [1.807, 2.05) is 0 Å². The van der Waals surface area contributed by atoms with E-state index in [1.165, 1.54) is 6.33 Å². The van der Waals surface area contributed by atoms with Crippen LogP contribution in [0.15, 0.2) is 24.8 Å². The van der Waals surface area contributed by atoms with Crippen molar-refractivity contribution in [1.29, 1.82) is 0 Å². The molecule has 0 aliphatic rings. The Kier molecular flexibility index (Phi) is 115. The van der Waals surface area contributed by atoms with Crippen molar-refractivity contribution in [2.75, 3.05) is 0 Å². The van der Waals surface area contributed by atoms with Gasteiger partial charge in [-0.2, -0.15) is 0 Å². The van der Waals surface area contributed by atoms with Crippen molar-refractivity contribution in [1.82, 2.24) is 9.97 Å². The number of hydrogen-bond acceptors (Lipinski definition) is 2. The highest BCUT2D eigenvalue weighted by Gasteiger charge is 1.59. The van der Waals surface area contributed by atoms with Gasteiger partial charge in [0.05, 0.1) is 0 Å². The molecule has 8 heteroatoms. The molecular weight excluding hydrogens is 192 g/mol. The Hall–Kier alpha value is -0.830. The Labute approximate surface area is 75.4 Å². The van der Waals surface area contributed by atoms with Crippen LogP contribution in [0.3, 0.4) is 0 Å². The molecular formula is C4H15ClN2O5. The summed E-state index contributed by atoms with van der Waals surface area (Å²) in [4.78, 5) is 7.35. The average molecular weight is 207 g/mol. The molecule has 1 rings (SSSR count). The van der Waals surface area contributed by atoms with Gasteiger partial charge >= 0.3 is 0 Å². The quantitative estimate of drug-likeness (QED) is 0.433. The zero-order valence-corrected chi connectivity index (χ0v) is 6.93. The van der Waals surface area contributed by atoms with E-state index in [9.17, 15) is 0 Å². The standard InChI is InChI=1S/C4H4N2.ClH.5H2O/c1-2-5-4-6-3-1;;;;;;/h1-4H;1H;5*1H2. The number of nitrogens with zero attached hydrogens (tertiary/aromatic N) is 2. The number of rotatable bonds is 0. The first-order valence-electron chi connectivity index (χ1n) is 1.70. The lowest BCUT2D eigenvalue weighted by molar-refractivity contribution is 0.823. The van der Waals surface area contributed by atoms with Crippen LogP contribution in [-0.2, 0) is 0 Å². The molecule has 0 fully saturated rings. The molecule has 12 heavy (non-hydrogen) atoms. The Balaban J connectivity index is -0.0000000150. The summed E-state index contributed by atoms with van der Waals surface area (Å²) in [6.07, 6.45) is 4.88. The number of hydrogen-bond donors (Lipinski definition) is 0. The molecule has 0 saturated carbocycles. The molecule has 0 aliphatic carbocycles. The smallest absolute Gasteiger partial charge is 0.115 e. The van der Waals surface area contributed by atoms with E-state index in [2.05, 4.69) is 9.97 Å². The van der Waals surface area contributed by atoms with Crippen LogP contribution in [0.25, 0.3) is 0 Å². The molecule has 0 aromatic carbocycles. The van der Waals surface area contributed by atoms with Gasteiger partial charge in [-0.3, -0.25) is 0 Å². The summed E-state index contributed by atoms with van der Waals surface area (Å²) < 4.78 is 0.